The lowest BCUT2D eigenvalue weighted by molar-refractivity contribution is 0.255. The zero-order valence-electron chi connectivity index (χ0n) is 11.2. The largest absolute Gasteiger partial charge is 0.399 e. The van der Waals surface area contributed by atoms with Gasteiger partial charge in [-0.15, -0.1) is 0 Å². The van der Waals surface area contributed by atoms with E-state index in [1.54, 1.807) is 0 Å². The SMILES string of the molecule is CN(C)c1ccc(C(C#N)O[Si](C)(C)C)cc1. The molecular formula is C13H20N2OSi. The Morgan fingerprint density at radius 1 is 1.18 bits per heavy atom. The average Bonchev–Trinajstić information content (AvgIpc) is 2.25. The van der Waals surface area contributed by atoms with Gasteiger partial charge >= 0.3 is 0 Å². The number of hydrogen-bond donors (Lipinski definition) is 0. The van der Waals surface area contributed by atoms with E-state index in [9.17, 15) is 0 Å². The number of nitriles is 1. The van der Waals surface area contributed by atoms with E-state index in [1.807, 2.05) is 43.3 Å². The molecule has 92 valence electrons. The average molecular weight is 248 g/mol. The molecule has 3 nitrogen and oxygen atoms in total. The van der Waals surface area contributed by atoms with Crippen molar-refractivity contribution in [2.24, 2.45) is 0 Å². The van der Waals surface area contributed by atoms with E-state index < -0.39 is 14.4 Å². The molecular weight excluding hydrogens is 228 g/mol. The summed E-state index contributed by atoms with van der Waals surface area (Å²) in [5.41, 5.74) is 2.05. The third kappa shape index (κ3) is 4.21. The molecule has 17 heavy (non-hydrogen) atoms. The summed E-state index contributed by atoms with van der Waals surface area (Å²) in [7, 11) is 2.30. The van der Waals surface area contributed by atoms with Gasteiger partial charge in [0, 0.05) is 19.8 Å². The van der Waals surface area contributed by atoms with Gasteiger partial charge in [-0.3, -0.25) is 0 Å². The molecule has 0 aliphatic rings. The molecule has 1 atom stereocenters. The predicted octanol–water partition coefficient (Wildman–Crippen LogP) is 3.17. The molecule has 1 unspecified atom stereocenters. The third-order valence-electron chi connectivity index (χ3n) is 2.30. The summed E-state index contributed by atoms with van der Waals surface area (Å²) in [5.74, 6) is 0. The maximum atomic E-state index is 9.16. The highest BCUT2D eigenvalue weighted by Gasteiger charge is 2.22. The van der Waals surface area contributed by atoms with Crippen LogP contribution in [0.5, 0.6) is 0 Å². The highest BCUT2D eigenvalue weighted by atomic mass is 28.4. The molecule has 0 saturated carbocycles. The van der Waals surface area contributed by atoms with E-state index in [4.69, 9.17) is 9.69 Å². The van der Waals surface area contributed by atoms with Crippen LogP contribution in [0.3, 0.4) is 0 Å². The number of anilines is 1. The number of nitrogens with zero attached hydrogens (tertiary/aromatic N) is 2. The molecule has 0 radical (unpaired) electrons. The van der Waals surface area contributed by atoms with E-state index in [-0.39, 0.29) is 0 Å². The Bertz CT molecular complexity index is 401. The summed E-state index contributed by atoms with van der Waals surface area (Å²) >= 11 is 0. The van der Waals surface area contributed by atoms with E-state index in [0.717, 1.165) is 11.3 Å². The lowest BCUT2D eigenvalue weighted by Crippen LogP contribution is -2.27. The lowest BCUT2D eigenvalue weighted by atomic mass is 10.1. The first-order valence-corrected chi connectivity index (χ1v) is 9.09. The Hall–Kier alpha value is -1.31. The summed E-state index contributed by atoms with van der Waals surface area (Å²) < 4.78 is 5.84. The quantitative estimate of drug-likeness (QED) is 0.768. The standard InChI is InChI=1S/C13H20N2OSi/c1-15(2)12-8-6-11(7-9-12)13(10-14)16-17(3,4)5/h6-9,13H,1-5H3. The zero-order valence-corrected chi connectivity index (χ0v) is 12.2. The zero-order chi connectivity index (χ0) is 13.1. The maximum absolute atomic E-state index is 9.16. The lowest BCUT2D eigenvalue weighted by Gasteiger charge is -2.22. The van der Waals surface area contributed by atoms with Crippen LogP contribution in [0.1, 0.15) is 11.7 Å². The summed E-state index contributed by atoms with van der Waals surface area (Å²) in [5, 5.41) is 9.16. The van der Waals surface area contributed by atoms with Crippen LogP contribution >= 0.6 is 0 Å². The van der Waals surface area contributed by atoms with Gasteiger partial charge in [0.1, 0.15) is 0 Å². The monoisotopic (exact) mass is 248 g/mol. The first-order chi connectivity index (χ1) is 7.83. The van der Waals surface area contributed by atoms with Gasteiger partial charge < -0.3 is 9.33 Å². The fourth-order valence-electron chi connectivity index (χ4n) is 1.47. The molecule has 1 aromatic rings. The van der Waals surface area contributed by atoms with Crippen molar-refractivity contribution in [2.75, 3.05) is 19.0 Å². The van der Waals surface area contributed by atoms with Gasteiger partial charge in [-0.25, -0.2) is 0 Å². The Kier molecular flexibility index (Phi) is 4.32. The van der Waals surface area contributed by atoms with Crippen LogP contribution in [0.4, 0.5) is 5.69 Å². The van der Waals surface area contributed by atoms with Crippen LogP contribution in [0.25, 0.3) is 0 Å². The van der Waals surface area contributed by atoms with Crippen molar-refractivity contribution in [2.45, 2.75) is 25.7 Å². The number of rotatable bonds is 4. The molecule has 0 spiro atoms. The Morgan fingerprint density at radius 3 is 2.06 bits per heavy atom. The second kappa shape index (κ2) is 5.35. The van der Waals surface area contributed by atoms with E-state index in [1.165, 1.54) is 0 Å². The smallest absolute Gasteiger partial charge is 0.186 e. The van der Waals surface area contributed by atoms with Crippen LogP contribution in [0.15, 0.2) is 24.3 Å². The van der Waals surface area contributed by atoms with Crippen LogP contribution in [0.2, 0.25) is 19.6 Å². The van der Waals surface area contributed by atoms with Gasteiger partial charge in [-0.1, -0.05) is 12.1 Å². The second-order valence-corrected chi connectivity index (χ2v) is 9.69. The van der Waals surface area contributed by atoms with Gasteiger partial charge in [-0.2, -0.15) is 5.26 Å². The van der Waals surface area contributed by atoms with E-state index in [0.29, 0.717) is 0 Å². The van der Waals surface area contributed by atoms with Crippen molar-refractivity contribution >= 4 is 14.0 Å². The van der Waals surface area contributed by atoms with Gasteiger partial charge in [0.2, 0.25) is 0 Å². The molecule has 0 heterocycles. The molecule has 1 aromatic carbocycles. The molecule has 0 aliphatic carbocycles. The van der Waals surface area contributed by atoms with Crippen LogP contribution in [-0.4, -0.2) is 22.4 Å². The van der Waals surface area contributed by atoms with Crippen LogP contribution < -0.4 is 4.90 Å². The highest BCUT2D eigenvalue weighted by molar-refractivity contribution is 6.69. The topological polar surface area (TPSA) is 36.3 Å². The molecule has 4 heteroatoms. The summed E-state index contributed by atoms with van der Waals surface area (Å²) in [4.78, 5) is 2.03. The normalized spacial score (nSPS) is 12.9. The first kappa shape index (κ1) is 13.8. The van der Waals surface area contributed by atoms with Crippen molar-refractivity contribution in [1.82, 2.24) is 0 Å². The predicted molar refractivity (Wildman–Crippen MR) is 73.6 cm³/mol. The molecule has 0 fully saturated rings. The molecule has 0 aliphatic heterocycles. The van der Waals surface area contributed by atoms with Crippen molar-refractivity contribution in [3.05, 3.63) is 29.8 Å². The molecule has 0 aromatic heterocycles. The molecule has 0 bridgehead atoms. The summed E-state index contributed by atoms with van der Waals surface area (Å²) in [6.45, 7) is 6.27. The van der Waals surface area contributed by atoms with Gasteiger partial charge in [-0.05, 0) is 37.3 Å². The van der Waals surface area contributed by atoms with Crippen molar-refractivity contribution < 1.29 is 4.43 Å². The minimum atomic E-state index is -1.69. The Balaban J connectivity index is 2.87. The third-order valence-corrected chi connectivity index (χ3v) is 3.24. The minimum Gasteiger partial charge on any atom is -0.399 e. The molecule has 0 amide bonds. The molecule has 1 rings (SSSR count). The number of benzene rings is 1. The van der Waals surface area contributed by atoms with E-state index >= 15 is 0 Å². The van der Waals surface area contributed by atoms with Gasteiger partial charge in [0.15, 0.2) is 14.4 Å². The summed E-state index contributed by atoms with van der Waals surface area (Å²) in [6, 6.07) is 10.2. The fourth-order valence-corrected chi connectivity index (χ4v) is 2.37. The highest BCUT2D eigenvalue weighted by Crippen LogP contribution is 2.23. The van der Waals surface area contributed by atoms with E-state index in [2.05, 4.69) is 25.7 Å². The van der Waals surface area contributed by atoms with Crippen molar-refractivity contribution in [1.29, 1.82) is 5.26 Å². The van der Waals surface area contributed by atoms with Crippen LogP contribution in [0, 0.1) is 11.3 Å². The van der Waals surface area contributed by atoms with Crippen LogP contribution in [-0.2, 0) is 4.43 Å². The minimum absolute atomic E-state index is 0.446. The molecule has 0 saturated heterocycles. The number of hydrogen-bond acceptors (Lipinski definition) is 3. The second-order valence-electron chi connectivity index (χ2n) is 5.23. The summed E-state index contributed by atoms with van der Waals surface area (Å²) in [6.07, 6.45) is -0.446. The Morgan fingerprint density at radius 2 is 1.71 bits per heavy atom. The van der Waals surface area contributed by atoms with Gasteiger partial charge in [0.05, 0.1) is 6.07 Å². The Labute approximate surface area is 105 Å². The maximum Gasteiger partial charge on any atom is 0.186 e. The fraction of sp³-hybridized carbons (Fsp3) is 0.462. The van der Waals surface area contributed by atoms with Crippen molar-refractivity contribution in [3.63, 3.8) is 0 Å². The first-order valence-electron chi connectivity index (χ1n) is 5.68. The van der Waals surface area contributed by atoms with Crippen molar-refractivity contribution in [3.8, 4) is 6.07 Å². The van der Waals surface area contributed by atoms with Gasteiger partial charge in [0.25, 0.3) is 0 Å². The molecule has 0 N–H and O–H groups in total.